The van der Waals surface area contributed by atoms with Crippen LogP contribution in [0.1, 0.15) is 22.5 Å². The summed E-state index contributed by atoms with van der Waals surface area (Å²) in [6.45, 7) is 1.85. The Kier molecular flexibility index (Phi) is 7.10. The van der Waals surface area contributed by atoms with Crippen molar-refractivity contribution in [2.24, 2.45) is 0 Å². The van der Waals surface area contributed by atoms with E-state index in [-0.39, 0.29) is 17.4 Å². The molecule has 0 saturated heterocycles. The Morgan fingerprint density at radius 1 is 1.17 bits per heavy atom. The molecule has 2 rings (SSSR count). The predicted molar refractivity (Wildman–Crippen MR) is 89.5 cm³/mol. The standard InChI is InChI=1S/C17H21FN4O2/c1-24-10-2-8-19-16-12-21-15(11-22-16)17(23)20-9-7-13-3-5-14(18)6-4-13/h3-6,11-12H,2,7-10H2,1H3,(H,19,22)(H,20,23). The number of methoxy groups -OCH3 is 1. The molecule has 1 aromatic heterocycles. The van der Waals surface area contributed by atoms with Crippen molar-refractivity contribution in [3.8, 4) is 0 Å². The Bertz CT molecular complexity index is 632. The van der Waals surface area contributed by atoms with E-state index in [1.807, 2.05) is 0 Å². The Balaban J connectivity index is 1.74. The molecular weight excluding hydrogens is 311 g/mol. The van der Waals surface area contributed by atoms with E-state index in [1.165, 1.54) is 24.5 Å². The van der Waals surface area contributed by atoms with Crippen molar-refractivity contribution in [2.45, 2.75) is 12.8 Å². The summed E-state index contributed by atoms with van der Waals surface area (Å²) in [6.07, 6.45) is 4.45. The van der Waals surface area contributed by atoms with Crippen molar-refractivity contribution in [1.82, 2.24) is 15.3 Å². The number of rotatable bonds is 9. The topological polar surface area (TPSA) is 76.1 Å². The van der Waals surface area contributed by atoms with Crippen molar-refractivity contribution in [2.75, 3.05) is 32.1 Å². The number of aromatic nitrogens is 2. The molecule has 24 heavy (non-hydrogen) atoms. The summed E-state index contributed by atoms with van der Waals surface area (Å²) in [7, 11) is 1.66. The van der Waals surface area contributed by atoms with Crippen molar-refractivity contribution in [3.05, 3.63) is 53.7 Å². The Morgan fingerprint density at radius 3 is 2.62 bits per heavy atom. The molecule has 0 bridgehead atoms. The van der Waals surface area contributed by atoms with Gasteiger partial charge in [0.25, 0.3) is 5.91 Å². The molecule has 0 aliphatic carbocycles. The molecule has 0 saturated carbocycles. The summed E-state index contributed by atoms with van der Waals surface area (Å²) >= 11 is 0. The van der Waals surface area contributed by atoms with E-state index < -0.39 is 0 Å². The van der Waals surface area contributed by atoms with Crippen molar-refractivity contribution < 1.29 is 13.9 Å². The Labute approximate surface area is 140 Å². The average Bonchev–Trinajstić information content (AvgIpc) is 2.61. The maximum absolute atomic E-state index is 12.8. The summed E-state index contributed by atoms with van der Waals surface area (Å²) < 4.78 is 17.8. The molecule has 0 fully saturated rings. The largest absolute Gasteiger partial charge is 0.385 e. The first-order valence-corrected chi connectivity index (χ1v) is 7.76. The van der Waals surface area contributed by atoms with Gasteiger partial charge in [-0.3, -0.25) is 4.79 Å². The van der Waals surface area contributed by atoms with Gasteiger partial charge in [-0.05, 0) is 30.5 Å². The van der Waals surface area contributed by atoms with E-state index in [1.54, 1.807) is 19.2 Å². The molecule has 0 aliphatic heterocycles. The maximum Gasteiger partial charge on any atom is 0.271 e. The molecule has 2 aromatic rings. The second-order valence-electron chi connectivity index (χ2n) is 5.19. The van der Waals surface area contributed by atoms with Crippen LogP contribution in [0.2, 0.25) is 0 Å². The van der Waals surface area contributed by atoms with Crippen molar-refractivity contribution in [1.29, 1.82) is 0 Å². The second-order valence-corrected chi connectivity index (χ2v) is 5.19. The van der Waals surface area contributed by atoms with Crippen LogP contribution in [0.4, 0.5) is 10.2 Å². The summed E-state index contributed by atoms with van der Waals surface area (Å²) in [5.74, 6) is 0.0680. The number of carbonyl (C=O) groups is 1. The highest BCUT2D eigenvalue weighted by molar-refractivity contribution is 5.91. The SMILES string of the molecule is COCCCNc1cnc(C(=O)NCCc2ccc(F)cc2)cn1. The number of nitrogens with one attached hydrogen (secondary N) is 2. The minimum Gasteiger partial charge on any atom is -0.385 e. The van der Waals surface area contributed by atoms with E-state index in [0.717, 1.165) is 18.5 Å². The van der Waals surface area contributed by atoms with Gasteiger partial charge in [0.2, 0.25) is 0 Å². The number of anilines is 1. The molecule has 0 atom stereocenters. The van der Waals surface area contributed by atoms with E-state index in [2.05, 4.69) is 20.6 Å². The molecular formula is C17H21FN4O2. The lowest BCUT2D eigenvalue weighted by Crippen LogP contribution is -2.26. The van der Waals surface area contributed by atoms with Crippen molar-refractivity contribution in [3.63, 3.8) is 0 Å². The Hall–Kier alpha value is -2.54. The van der Waals surface area contributed by atoms with Gasteiger partial charge in [-0.2, -0.15) is 0 Å². The van der Waals surface area contributed by atoms with E-state index in [0.29, 0.717) is 25.4 Å². The number of amides is 1. The molecule has 0 unspecified atom stereocenters. The van der Waals surface area contributed by atoms with Gasteiger partial charge in [0, 0.05) is 26.8 Å². The fourth-order valence-electron chi connectivity index (χ4n) is 2.03. The lowest BCUT2D eigenvalue weighted by Gasteiger charge is -2.07. The smallest absolute Gasteiger partial charge is 0.271 e. The number of nitrogens with zero attached hydrogens (tertiary/aromatic N) is 2. The third-order valence-electron chi connectivity index (χ3n) is 3.33. The van der Waals surface area contributed by atoms with Gasteiger partial charge < -0.3 is 15.4 Å². The van der Waals surface area contributed by atoms with Crippen LogP contribution in [-0.4, -0.2) is 42.7 Å². The number of ether oxygens (including phenoxy) is 1. The third-order valence-corrected chi connectivity index (χ3v) is 3.33. The van der Waals surface area contributed by atoms with Crippen LogP contribution in [0, 0.1) is 5.82 Å². The quantitative estimate of drug-likeness (QED) is 0.687. The van der Waals surface area contributed by atoms with Gasteiger partial charge in [0.15, 0.2) is 0 Å². The van der Waals surface area contributed by atoms with Gasteiger partial charge in [0.1, 0.15) is 17.3 Å². The van der Waals surface area contributed by atoms with E-state index in [4.69, 9.17) is 4.74 Å². The van der Waals surface area contributed by atoms with Gasteiger partial charge in [-0.25, -0.2) is 14.4 Å². The number of benzene rings is 1. The average molecular weight is 332 g/mol. The summed E-state index contributed by atoms with van der Waals surface area (Å²) in [6, 6.07) is 6.21. The highest BCUT2D eigenvalue weighted by Crippen LogP contribution is 2.04. The summed E-state index contributed by atoms with van der Waals surface area (Å²) in [4.78, 5) is 20.2. The second kappa shape index (κ2) is 9.57. The molecule has 0 radical (unpaired) electrons. The van der Waals surface area contributed by atoms with Gasteiger partial charge in [-0.15, -0.1) is 0 Å². The monoisotopic (exact) mass is 332 g/mol. The molecule has 0 spiro atoms. The van der Waals surface area contributed by atoms with Crippen LogP contribution in [0.5, 0.6) is 0 Å². The third kappa shape index (κ3) is 5.92. The first-order valence-electron chi connectivity index (χ1n) is 7.76. The molecule has 2 N–H and O–H groups in total. The number of halogens is 1. The van der Waals surface area contributed by atoms with Crippen LogP contribution in [0.3, 0.4) is 0 Å². The molecule has 0 aliphatic rings. The number of hydrogen-bond donors (Lipinski definition) is 2. The van der Waals surface area contributed by atoms with Crippen molar-refractivity contribution >= 4 is 11.7 Å². The highest BCUT2D eigenvalue weighted by atomic mass is 19.1. The molecule has 128 valence electrons. The van der Waals surface area contributed by atoms with Gasteiger partial charge >= 0.3 is 0 Å². The van der Waals surface area contributed by atoms with Crippen LogP contribution in [-0.2, 0) is 11.2 Å². The zero-order valence-corrected chi connectivity index (χ0v) is 13.6. The minimum absolute atomic E-state index is 0.261. The zero-order chi connectivity index (χ0) is 17.2. The van der Waals surface area contributed by atoms with Crippen LogP contribution in [0.25, 0.3) is 0 Å². The summed E-state index contributed by atoms with van der Waals surface area (Å²) in [5, 5.41) is 5.87. The Morgan fingerprint density at radius 2 is 1.96 bits per heavy atom. The lowest BCUT2D eigenvalue weighted by atomic mass is 10.1. The van der Waals surface area contributed by atoms with Gasteiger partial charge in [0.05, 0.1) is 12.4 Å². The van der Waals surface area contributed by atoms with Crippen LogP contribution < -0.4 is 10.6 Å². The molecule has 7 heteroatoms. The highest BCUT2D eigenvalue weighted by Gasteiger charge is 2.07. The molecule has 1 amide bonds. The van der Waals surface area contributed by atoms with E-state index >= 15 is 0 Å². The number of carbonyl (C=O) groups excluding carboxylic acids is 1. The fourth-order valence-corrected chi connectivity index (χ4v) is 2.03. The molecule has 6 nitrogen and oxygen atoms in total. The van der Waals surface area contributed by atoms with Crippen LogP contribution in [0.15, 0.2) is 36.7 Å². The minimum atomic E-state index is -0.282. The van der Waals surface area contributed by atoms with Crippen LogP contribution >= 0.6 is 0 Å². The number of hydrogen-bond acceptors (Lipinski definition) is 5. The lowest BCUT2D eigenvalue weighted by molar-refractivity contribution is 0.0949. The predicted octanol–water partition coefficient (Wildman–Crippen LogP) is 2.04. The maximum atomic E-state index is 12.8. The van der Waals surface area contributed by atoms with Gasteiger partial charge in [-0.1, -0.05) is 12.1 Å². The zero-order valence-electron chi connectivity index (χ0n) is 13.6. The molecule has 1 heterocycles. The fraction of sp³-hybridized carbons (Fsp3) is 0.353. The first-order chi connectivity index (χ1) is 11.7. The van der Waals surface area contributed by atoms with E-state index in [9.17, 15) is 9.18 Å². The first kappa shape index (κ1) is 17.8. The molecule has 1 aromatic carbocycles. The normalized spacial score (nSPS) is 10.4. The summed E-state index contributed by atoms with van der Waals surface area (Å²) in [5.41, 5.74) is 1.22.